The first-order valence-electron chi connectivity index (χ1n) is 11.1. The van der Waals surface area contributed by atoms with Crippen LogP contribution in [0, 0.1) is 16.0 Å². The second-order valence-electron chi connectivity index (χ2n) is 8.38. The molecule has 2 fully saturated rings. The van der Waals surface area contributed by atoms with Gasteiger partial charge in [0.15, 0.2) is 0 Å². The second kappa shape index (κ2) is 12.6. The SMILES string of the molecule is NCCCCC(NC(=O)OCC1CCCCC1)C(=O)NC1CCC([N+](=O)[O-])CC1. The maximum absolute atomic E-state index is 12.7. The molecule has 1 unspecified atom stereocenters. The number of amides is 2. The van der Waals surface area contributed by atoms with Gasteiger partial charge in [0.25, 0.3) is 0 Å². The van der Waals surface area contributed by atoms with Crippen LogP contribution < -0.4 is 16.4 Å². The first-order valence-corrected chi connectivity index (χ1v) is 11.1. The Balaban J connectivity index is 1.79. The zero-order chi connectivity index (χ0) is 21.1. The van der Waals surface area contributed by atoms with Gasteiger partial charge < -0.3 is 21.1 Å². The van der Waals surface area contributed by atoms with Crippen molar-refractivity contribution in [3.63, 3.8) is 0 Å². The number of unbranched alkanes of at least 4 members (excludes halogenated alkanes) is 1. The van der Waals surface area contributed by atoms with Crippen LogP contribution in [0.3, 0.4) is 0 Å². The molecule has 2 aliphatic rings. The molecule has 0 spiro atoms. The van der Waals surface area contributed by atoms with Gasteiger partial charge in [-0.25, -0.2) is 4.79 Å². The van der Waals surface area contributed by atoms with E-state index in [-0.39, 0.29) is 16.9 Å². The molecule has 2 saturated carbocycles. The van der Waals surface area contributed by atoms with E-state index in [1.165, 1.54) is 19.3 Å². The molecule has 2 amide bonds. The number of nitrogens with one attached hydrogen (secondary N) is 2. The summed E-state index contributed by atoms with van der Waals surface area (Å²) in [5.74, 6) is 0.164. The zero-order valence-corrected chi connectivity index (χ0v) is 17.3. The van der Waals surface area contributed by atoms with E-state index >= 15 is 0 Å². The van der Waals surface area contributed by atoms with Crippen molar-refractivity contribution >= 4 is 12.0 Å². The molecule has 0 aromatic carbocycles. The average molecular weight is 413 g/mol. The van der Waals surface area contributed by atoms with E-state index in [4.69, 9.17) is 10.5 Å². The number of alkyl carbamates (subject to hydrolysis) is 1. The molecule has 0 bridgehead atoms. The van der Waals surface area contributed by atoms with E-state index in [0.717, 1.165) is 25.7 Å². The summed E-state index contributed by atoms with van der Waals surface area (Å²) in [7, 11) is 0. The molecule has 166 valence electrons. The number of nitrogens with two attached hydrogens (primary N) is 1. The number of hydrogen-bond donors (Lipinski definition) is 3. The largest absolute Gasteiger partial charge is 0.449 e. The van der Waals surface area contributed by atoms with E-state index in [1.807, 2.05) is 0 Å². The lowest BCUT2D eigenvalue weighted by molar-refractivity contribution is -0.526. The number of carbonyl (C=O) groups is 2. The fraction of sp³-hybridized carbons (Fsp3) is 0.900. The van der Waals surface area contributed by atoms with Crippen molar-refractivity contribution in [1.29, 1.82) is 0 Å². The van der Waals surface area contributed by atoms with Crippen molar-refractivity contribution in [2.75, 3.05) is 13.2 Å². The normalized spacial score (nSPS) is 23.8. The lowest BCUT2D eigenvalue weighted by Crippen LogP contribution is -2.51. The quantitative estimate of drug-likeness (QED) is 0.286. The highest BCUT2D eigenvalue weighted by Gasteiger charge is 2.31. The molecule has 0 aromatic heterocycles. The molecule has 4 N–H and O–H groups in total. The minimum Gasteiger partial charge on any atom is -0.449 e. The zero-order valence-electron chi connectivity index (χ0n) is 17.3. The van der Waals surface area contributed by atoms with Crippen LogP contribution in [0.1, 0.15) is 77.0 Å². The van der Waals surface area contributed by atoms with Crippen LogP contribution in [0.2, 0.25) is 0 Å². The highest BCUT2D eigenvalue weighted by molar-refractivity contribution is 5.85. The standard InChI is InChI=1S/C20H36N4O5/c21-13-5-4-8-18(23-20(26)29-14-15-6-2-1-3-7-15)19(25)22-16-9-11-17(12-10-16)24(27)28/h15-18H,1-14,21H2,(H,22,25)(H,23,26). The predicted molar refractivity (Wildman–Crippen MR) is 109 cm³/mol. The van der Waals surface area contributed by atoms with Crippen LogP contribution in [0.4, 0.5) is 4.79 Å². The molecular weight excluding hydrogens is 376 g/mol. The maximum atomic E-state index is 12.7. The topological polar surface area (TPSA) is 137 Å². The molecule has 9 nitrogen and oxygen atoms in total. The lowest BCUT2D eigenvalue weighted by atomic mass is 9.90. The molecule has 0 radical (unpaired) electrons. The molecule has 9 heteroatoms. The molecular formula is C20H36N4O5. The summed E-state index contributed by atoms with van der Waals surface area (Å²) in [6, 6.07) is -1.28. The minimum atomic E-state index is -0.673. The van der Waals surface area contributed by atoms with Crippen molar-refractivity contribution in [1.82, 2.24) is 10.6 Å². The Morgan fingerprint density at radius 3 is 2.38 bits per heavy atom. The monoisotopic (exact) mass is 412 g/mol. The van der Waals surface area contributed by atoms with Crippen LogP contribution in [0.25, 0.3) is 0 Å². The Labute approximate surface area is 172 Å². The molecule has 0 aliphatic heterocycles. The summed E-state index contributed by atoms with van der Waals surface area (Å²) in [5.41, 5.74) is 5.54. The summed E-state index contributed by atoms with van der Waals surface area (Å²) in [5, 5.41) is 16.5. The summed E-state index contributed by atoms with van der Waals surface area (Å²) >= 11 is 0. The molecule has 0 aromatic rings. The van der Waals surface area contributed by atoms with Crippen LogP contribution in [-0.2, 0) is 9.53 Å². The summed E-state index contributed by atoms with van der Waals surface area (Å²) in [4.78, 5) is 35.6. The molecule has 29 heavy (non-hydrogen) atoms. The highest BCUT2D eigenvalue weighted by Crippen LogP contribution is 2.24. The van der Waals surface area contributed by atoms with E-state index in [1.54, 1.807) is 0 Å². The minimum absolute atomic E-state index is 0.0873. The van der Waals surface area contributed by atoms with Gasteiger partial charge in [-0.3, -0.25) is 14.9 Å². The van der Waals surface area contributed by atoms with Crippen LogP contribution in [0.5, 0.6) is 0 Å². The number of carbonyl (C=O) groups excluding carboxylic acids is 2. The van der Waals surface area contributed by atoms with Crippen molar-refractivity contribution < 1.29 is 19.2 Å². The third-order valence-electron chi connectivity index (χ3n) is 6.07. The van der Waals surface area contributed by atoms with Gasteiger partial charge in [-0.2, -0.15) is 0 Å². The second-order valence-corrected chi connectivity index (χ2v) is 8.38. The Morgan fingerprint density at radius 2 is 1.76 bits per heavy atom. The maximum Gasteiger partial charge on any atom is 0.407 e. The van der Waals surface area contributed by atoms with Gasteiger partial charge in [0, 0.05) is 23.8 Å². The number of hydrogen-bond acceptors (Lipinski definition) is 6. The van der Waals surface area contributed by atoms with Crippen molar-refractivity contribution in [3.05, 3.63) is 10.1 Å². The summed E-state index contributed by atoms with van der Waals surface area (Å²) in [6.07, 6.45) is 9.30. The molecule has 2 aliphatic carbocycles. The van der Waals surface area contributed by atoms with Crippen LogP contribution in [0.15, 0.2) is 0 Å². The van der Waals surface area contributed by atoms with Gasteiger partial charge in [0.05, 0.1) is 6.61 Å². The van der Waals surface area contributed by atoms with Gasteiger partial charge in [0.2, 0.25) is 11.9 Å². The summed E-state index contributed by atoms with van der Waals surface area (Å²) in [6.45, 7) is 0.930. The van der Waals surface area contributed by atoms with Crippen molar-refractivity contribution in [3.8, 4) is 0 Å². The lowest BCUT2D eigenvalue weighted by Gasteiger charge is -2.27. The number of nitrogens with zero attached hydrogens (tertiary/aromatic N) is 1. The van der Waals surface area contributed by atoms with Gasteiger partial charge >= 0.3 is 6.09 Å². The van der Waals surface area contributed by atoms with E-state index < -0.39 is 18.2 Å². The van der Waals surface area contributed by atoms with Crippen LogP contribution in [-0.4, -0.2) is 48.2 Å². The molecule has 2 rings (SSSR count). The number of nitro groups is 1. The van der Waals surface area contributed by atoms with Gasteiger partial charge in [0.1, 0.15) is 6.04 Å². The highest BCUT2D eigenvalue weighted by atomic mass is 16.6. The number of ether oxygens (including phenoxy) is 1. The van der Waals surface area contributed by atoms with Crippen molar-refractivity contribution in [2.45, 2.75) is 95.2 Å². The van der Waals surface area contributed by atoms with Crippen molar-refractivity contribution in [2.24, 2.45) is 11.7 Å². The Morgan fingerprint density at radius 1 is 1.07 bits per heavy atom. The fourth-order valence-electron chi connectivity index (χ4n) is 4.23. The van der Waals surface area contributed by atoms with E-state index in [2.05, 4.69) is 10.6 Å². The van der Waals surface area contributed by atoms with E-state index in [9.17, 15) is 19.7 Å². The molecule has 0 saturated heterocycles. The molecule has 0 heterocycles. The van der Waals surface area contributed by atoms with E-state index in [0.29, 0.717) is 51.2 Å². The smallest absolute Gasteiger partial charge is 0.407 e. The number of rotatable bonds is 10. The Kier molecular flexibility index (Phi) is 10.2. The van der Waals surface area contributed by atoms with Gasteiger partial charge in [-0.05, 0) is 57.4 Å². The van der Waals surface area contributed by atoms with Crippen LogP contribution >= 0.6 is 0 Å². The Bertz CT molecular complexity index is 531. The Hall–Kier alpha value is -1.90. The average Bonchev–Trinajstić information content (AvgIpc) is 2.72. The van der Waals surface area contributed by atoms with Gasteiger partial charge in [-0.1, -0.05) is 19.3 Å². The first kappa shape index (κ1) is 23.4. The first-order chi connectivity index (χ1) is 14.0. The third-order valence-corrected chi connectivity index (χ3v) is 6.07. The van der Waals surface area contributed by atoms with Gasteiger partial charge in [-0.15, -0.1) is 0 Å². The predicted octanol–water partition coefficient (Wildman–Crippen LogP) is 2.49. The third kappa shape index (κ3) is 8.55. The fourth-order valence-corrected chi connectivity index (χ4v) is 4.23. The molecule has 1 atom stereocenters. The summed E-state index contributed by atoms with van der Waals surface area (Å²) < 4.78 is 5.37.